The van der Waals surface area contributed by atoms with Gasteiger partial charge in [-0.15, -0.1) is 0 Å². The molecule has 1 aromatic rings. The standard InChI is InChI=1S/C13H17NO3/c1-2-3-4-5-13(15)14-10-6-7-11-12(8-10)17-9-16-11/h6-8H,2-5,9H2,1H3,(H,14,15). The van der Waals surface area contributed by atoms with Crippen LogP contribution >= 0.6 is 0 Å². The molecule has 0 aliphatic carbocycles. The Morgan fingerprint density at radius 1 is 1.29 bits per heavy atom. The number of benzene rings is 1. The molecule has 4 nitrogen and oxygen atoms in total. The zero-order valence-corrected chi connectivity index (χ0v) is 9.99. The van der Waals surface area contributed by atoms with E-state index in [1.54, 1.807) is 6.07 Å². The van der Waals surface area contributed by atoms with Gasteiger partial charge in [-0.2, -0.15) is 0 Å². The Bertz CT molecular complexity index is 404. The summed E-state index contributed by atoms with van der Waals surface area (Å²) in [5, 5.41) is 2.86. The predicted octanol–water partition coefficient (Wildman–Crippen LogP) is 2.93. The maximum atomic E-state index is 11.6. The molecule has 17 heavy (non-hydrogen) atoms. The van der Waals surface area contributed by atoms with E-state index in [0.29, 0.717) is 12.2 Å². The number of hydrogen-bond acceptors (Lipinski definition) is 3. The Labute approximate surface area is 101 Å². The lowest BCUT2D eigenvalue weighted by molar-refractivity contribution is -0.116. The number of fused-ring (bicyclic) bond motifs is 1. The minimum Gasteiger partial charge on any atom is -0.454 e. The smallest absolute Gasteiger partial charge is 0.231 e. The third-order valence-electron chi connectivity index (χ3n) is 2.66. The molecule has 0 bridgehead atoms. The van der Waals surface area contributed by atoms with Gasteiger partial charge in [-0.05, 0) is 18.6 Å². The molecule has 2 rings (SSSR count). The highest BCUT2D eigenvalue weighted by Crippen LogP contribution is 2.34. The quantitative estimate of drug-likeness (QED) is 0.798. The lowest BCUT2D eigenvalue weighted by Crippen LogP contribution is -2.10. The number of amides is 1. The summed E-state index contributed by atoms with van der Waals surface area (Å²) in [5.41, 5.74) is 0.760. The molecule has 0 saturated heterocycles. The number of nitrogens with one attached hydrogen (secondary N) is 1. The Hall–Kier alpha value is -1.71. The normalized spacial score (nSPS) is 12.5. The van der Waals surface area contributed by atoms with Crippen molar-refractivity contribution in [2.24, 2.45) is 0 Å². The molecule has 0 atom stereocenters. The van der Waals surface area contributed by atoms with Gasteiger partial charge in [0.2, 0.25) is 12.7 Å². The van der Waals surface area contributed by atoms with Gasteiger partial charge in [-0.25, -0.2) is 0 Å². The highest BCUT2D eigenvalue weighted by molar-refractivity contribution is 5.91. The fourth-order valence-corrected chi connectivity index (χ4v) is 1.73. The first-order valence-electron chi connectivity index (χ1n) is 5.99. The van der Waals surface area contributed by atoms with Gasteiger partial charge in [0.25, 0.3) is 0 Å². The summed E-state index contributed by atoms with van der Waals surface area (Å²) in [4.78, 5) is 11.6. The maximum Gasteiger partial charge on any atom is 0.231 e. The molecule has 1 aromatic carbocycles. The van der Waals surface area contributed by atoms with Crippen LogP contribution in [0.5, 0.6) is 11.5 Å². The highest BCUT2D eigenvalue weighted by atomic mass is 16.7. The second-order valence-corrected chi connectivity index (χ2v) is 4.07. The molecule has 1 aliphatic heterocycles. The van der Waals surface area contributed by atoms with Crippen molar-refractivity contribution in [2.75, 3.05) is 12.1 Å². The number of carbonyl (C=O) groups is 1. The van der Waals surface area contributed by atoms with Gasteiger partial charge < -0.3 is 14.8 Å². The van der Waals surface area contributed by atoms with E-state index in [9.17, 15) is 4.79 Å². The van der Waals surface area contributed by atoms with Gasteiger partial charge in [0, 0.05) is 18.2 Å². The van der Waals surface area contributed by atoms with Crippen LogP contribution in [0.1, 0.15) is 32.6 Å². The van der Waals surface area contributed by atoms with E-state index in [1.165, 1.54) is 0 Å². The number of carbonyl (C=O) groups excluding carboxylic acids is 1. The third-order valence-corrected chi connectivity index (χ3v) is 2.66. The van der Waals surface area contributed by atoms with Crippen LogP contribution in [0.3, 0.4) is 0 Å². The van der Waals surface area contributed by atoms with Crippen LogP contribution in [0, 0.1) is 0 Å². The van der Waals surface area contributed by atoms with E-state index in [-0.39, 0.29) is 12.7 Å². The van der Waals surface area contributed by atoms with Gasteiger partial charge in [-0.3, -0.25) is 4.79 Å². The molecule has 1 N–H and O–H groups in total. The zero-order chi connectivity index (χ0) is 12.1. The first kappa shape index (κ1) is 11.8. The molecule has 0 radical (unpaired) electrons. The molecule has 0 fully saturated rings. The molecule has 92 valence electrons. The third kappa shape index (κ3) is 3.12. The highest BCUT2D eigenvalue weighted by Gasteiger charge is 2.13. The molecule has 4 heteroatoms. The van der Waals surface area contributed by atoms with Crippen molar-refractivity contribution in [2.45, 2.75) is 32.6 Å². The maximum absolute atomic E-state index is 11.6. The average molecular weight is 235 g/mol. The fourth-order valence-electron chi connectivity index (χ4n) is 1.73. The Kier molecular flexibility index (Phi) is 3.85. The van der Waals surface area contributed by atoms with Crippen molar-refractivity contribution < 1.29 is 14.3 Å². The van der Waals surface area contributed by atoms with Crippen molar-refractivity contribution in [1.82, 2.24) is 0 Å². The van der Waals surface area contributed by atoms with E-state index in [2.05, 4.69) is 12.2 Å². The Balaban J connectivity index is 1.88. The molecular weight excluding hydrogens is 218 g/mol. The number of unbranched alkanes of at least 4 members (excludes halogenated alkanes) is 2. The summed E-state index contributed by atoms with van der Waals surface area (Å²) < 4.78 is 10.4. The SMILES string of the molecule is CCCCCC(=O)Nc1ccc2c(c1)OCO2. The summed E-state index contributed by atoms with van der Waals surface area (Å²) in [6.45, 7) is 2.37. The lowest BCUT2D eigenvalue weighted by atomic mass is 10.2. The Morgan fingerprint density at radius 3 is 2.94 bits per heavy atom. The molecule has 0 spiro atoms. The molecule has 1 aliphatic rings. The first-order valence-corrected chi connectivity index (χ1v) is 5.99. The predicted molar refractivity (Wildman–Crippen MR) is 65.3 cm³/mol. The molecular formula is C13H17NO3. The fraction of sp³-hybridized carbons (Fsp3) is 0.462. The van der Waals surface area contributed by atoms with Gasteiger partial charge >= 0.3 is 0 Å². The number of rotatable bonds is 5. The molecule has 1 amide bonds. The Morgan fingerprint density at radius 2 is 2.12 bits per heavy atom. The number of hydrogen-bond donors (Lipinski definition) is 1. The molecule has 0 saturated carbocycles. The number of ether oxygens (including phenoxy) is 2. The largest absolute Gasteiger partial charge is 0.454 e. The van der Waals surface area contributed by atoms with Crippen molar-refractivity contribution >= 4 is 11.6 Å². The van der Waals surface area contributed by atoms with Crippen LogP contribution in [-0.2, 0) is 4.79 Å². The minimum atomic E-state index is 0.0531. The van der Waals surface area contributed by atoms with E-state index in [1.807, 2.05) is 12.1 Å². The van der Waals surface area contributed by atoms with E-state index < -0.39 is 0 Å². The van der Waals surface area contributed by atoms with Crippen LogP contribution in [0.25, 0.3) is 0 Å². The molecule has 0 aromatic heterocycles. The van der Waals surface area contributed by atoms with Crippen LogP contribution in [0.15, 0.2) is 18.2 Å². The zero-order valence-electron chi connectivity index (χ0n) is 9.99. The summed E-state index contributed by atoms with van der Waals surface area (Å²) >= 11 is 0. The second-order valence-electron chi connectivity index (χ2n) is 4.07. The van der Waals surface area contributed by atoms with Crippen LogP contribution in [0.2, 0.25) is 0 Å². The van der Waals surface area contributed by atoms with Gasteiger partial charge in [-0.1, -0.05) is 19.8 Å². The van der Waals surface area contributed by atoms with Gasteiger partial charge in [0.15, 0.2) is 11.5 Å². The monoisotopic (exact) mass is 235 g/mol. The van der Waals surface area contributed by atoms with Crippen LogP contribution in [-0.4, -0.2) is 12.7 Å². The van der Waals surface area contributed by atoms with Crippen molar-refractivity contribution in [3.05, 3.63) is 18.2 Å². The van der Waals surface area contributed by atoms with Crippen molar-refractivity contribution in [3.63, 3.8) is 0 Å². The molecule has 0 unspecified atom stereocenters. The average Bonchev–Trinajstić information content (AvgIpc) is 2.76. The van der Waals surface area contributed by atoms with Crippen LogP contribution < -0.4 is 14.8 Å². The number of anilines is 1. The lowest BCUT2D eigenvalue weighted by Gasteiger charge is -2.05. The minimum absolute atomic E-state index is 0.0531. The first-order chi connectivity index (χ1) is 8.29. The summed E-state index contributed by atoms with van der Waals surface area (Å²) in [6, 6.07) is 5.43. The summed E-state index contributed by atoms with van der Waals surface area (Å²) in [6.07, 6.45) is 3.72. The molecule has 1 heterocycles. The van der Waals surface area contributed by atoms with Gasteiger partial charge in [0.1, 0.15) is 0 Å². The van der Waals surface area contributed by atoms with Crippen molar-refractivity contribution in [3.8, 4) is 11.5 Å². The topological polar surface area (TPSA) is 47.6 Å². The van der Waals surface area contributed by atoms with E-state index in [0.717, 1.165) is 30.7 Å². The second kappa shape index (κ2) is 5.57. The van der Waals surface area contributed by atoms with Crippen LogP contribution in [0.4, 0.5) is 5.69 Å². The van der Waals surface area contributed by atoms with Crippen molar-refractivity contribution in [1.29, 1.82) is 0 Å². The summed E-state index contributed by atoms with van der Waals surface area (Å²) in [7, 11) is 0. The summed E-state index contributed by atoms with van der Waals surface area (Å²) in [5.74, 6) is 1.47. The van der Waals surface area contributed by atoms with E-state index >= 15 is 0 Å². The van der Waals surface area contributed by atoms with E-state index in [4.69, 9.17) is 9.47 Å². The van der Waals surface area contributed by atoms with Gasteiger partial charge in [0.05, 0.1) is 0 Å².